The molecule has 178 valence electrons. The summed E-state index contributed by atoms with van der Waals surface area (Å²) in [5.74, 6) is -0.579. The Morgan fingerprint density at radius 1 is 1.00 bits per heavy atom. The molecule has 3 aromatic carbocycles. The van der Waals surface area contributed by atoms with E-state index in [1.165, 1.54) is 29.2 Å². The Morgan fingerprint density at radius 3 is 2.60 bits per heavy atom. The molecule has 1 N–H and O–H groups in total. The summed E-state index contributed by atoms with van der Waals surface area (Å²) in [4.78, 5) is 12.8. The summed E-state index contributed by atoms with van der Waals surface area (Å²) in [6.45, 7) is 0.116. The lowest BCUT2D eigenvalue weighted by molar-refractivity contribution is -0.137. The largest absolute Gasteiger partial charge is 0.416 e. The standard InChI is InChI=1S/C27H21F4N3O/c28-25-7-2-1-6-24(25)19-9-8-18-12-23(13-20(18)11-19)33-26(35)21-14-32-34(16-21)15-17-4-3-5-22(10-17)27(29,30)31/h1-11,14,16,23H,12-13,15H2,(H,33,35). The van der Waals surface area contributed by atoms with Crippen molar-refractivity contribution in [2.75, 3.05) is 0 Å². The maximum Gasteiger partial charge on any atom is 0.416 e. The van der Waals surface area contributed by atoms with Crippen molar-refractivity contribution in [1.82, 2.24) is 15.1 Å². The van der Waals surface area contributed by atoms with Crippen molar-refractivity contribution >= 4 is 5.91 Å². The van der Waals surface area contributed by atoms with Crippen LogP contribution in [0.4, 0.5) is 17.6 Å². The second kappa shape index (κ2) is 9.02. The Morgan fingerprint density at radius 2 is 1.80 bits per heavy atom. The lowest BCUT2D eigenvalue weighted by Crippen LogP contribution is -2.35. The minimum atomic E-state index is -4.42. The number of aromatic nitrogens is 2. The van der Waals surface area contributed by atoms with Gasteiger partial charge in [0.2, 0.25) is 0 Å². The van der Waals surface area contributed by atoms with Gasteiger partial charge >= 0.3 is 6.18 Å². The van der Waals surface area contributed by atoms with Crippen molar-refractivity contribution in [3.8, 4) is 11.1 Å². The lowest BCUT2D eigenvalue weighted by Gasteiger charge is -2.11. The first-order chi connectivity index (χ1) is 16.8. The Balaban J connectivity index is 1.23. The van der Waals surface area contributed by atoms with Crippen molar-refractivity contribution in [1.29, 1.82) is 0 Å². The first-order valence-corrected chi connectivity index (χ1v) is 11.1. The average molecular weight is 479 g/mol. The second-order valence-electron chi connectivity index (χ2n) is 8.67. The van der Waals surface area contributed by atoms with Crippen molar-refractivity contribution in [3.63, 3.8) is 0 Å². The molecule has 0 saturated heterocycles. The number of nitrogens with zero attached hydrogens (tertiary/aromatic N) is 2. The van der Waals surface area contributed by atoms with Gasteiger partial charge in [-0.2, -0.15) is 18.3 Å². The number of rotatable bonds is 5. The fourth-order valence-corrected chi connectivity index (χ4v) is 4.45. The van der Waals surface area contributed by atoms with Gasteiger partial charge in [0.15, 0.2) is 0 Å². The first-order valence-electron chi connectivity index (χ1n) is 11.1. The van der Waals surface area contributed by atoms with E-state index in [0.29, 0.717) is 29.5 Å². The van der Waals surface area contributed by atoms with Crippen LogP contribution in [-0.4, -0.2) is 21.7 Å². The molecule has 0 radical (unpaired) electrons. The van der Waals surface area contributed by atoms with Crippen molar-refractivity contribution < 1.29 is 22.4 Å². The Bertz CT molecular complexity index is 1390. The molecule has 1 heterocycles. The zero-order valence-corrected chi connectivity index (χ0v) is 18.5. The van der Waals surface area contributed by atoms with Gasteiger partial charge in [-0.3, -0.25) is 9.48 Å². The number of amides is 1. The number of alkyl halides is 3. The summed E-state index contributed by atoms with van der Waals surface area (Å²) in [6.07, 6.45) is -0.200. The SMILES string of the molecule is O=C(NC1Cc2ccc(-c3ccccc3F)cc2C1)c1cnn(Cc2cccc(C(F)(F)F)c2)c1. The third-order valence-electron chi connectivity index (χ3n) is 6.15. The molecular weight excluding hydrogens is 458 g/mol. The second-order valence-corrected chi connectivity index (χ2v) is 8.67. The molecule has 0 aliphatic heterocycles. The molecule has 5 rings (SSSR count). The number of hydrogen-bond donors (Lipinski definition) is 1. The van der Waals surface area contributed by atoms with Gasteiger partial charge in [-0.15, -0.1) is 0 Å². The van der Waals surface area contributed by atoms with Gasteiger partial charge < -0.3 is 5.32 Å². The molecule has 4 aromatic rings. The third-order valence-corrected chi connectivity index (χ3v) is 6.15. The van der Waals surface area contributed by atoms with Crippen LogP contribution in [0.15, 0.2) is 79.1 Å². The highest BCUT2D eigenvalue weighted by atomic mass is 19.4. The van der Waals surface area contributed by atoms with Crippen molar-refractivity contribution in [2.24, 2.45) is 0 Å². The van der Waals surface area contributed by atoms with E-state index in [2.05, 4.69) is 10.4 Å². The average Bonchev–Trinajstić information content (AvgIpc) is 3.45. The smallest absolute Gasteiger partial charge is 0.349 e. The maximum atomic E-state index is 14.2. The molecule has 0 fully saturated rings. The van der Waals surface area contributed by atoms with Crippen molar-refractivity contribution in [3.05, 3.63) is 113 Å². The van der Waals surface area contributed by atoms with Gasteiger partial charge in [0.05, 0.1) is 23.9 Å². The molecule has 1 atom stereocenters. The predicted octanol–water partition coefficient (Wildman–Crippen LogP) is 5.65. The van der Waals surface area contributed by atoms with Crippen LogP contribution in [0.2, 0.25) is 0 Å². The molecule has 0 bridgehead atoms. The predicted molar refractivity (Wildman–Crippen MR) is 123 cm³/mol. The van der Waals surface area contributed by atoms with E-state index in [1.54, 1.807) is 24.3 Å². The van der Waals surface area contributed by atoms with Crippen LogP contribution in [-0.2, 0) is 25.6 Å². The number of benzene rings is 3. The van der Waals surface area contributed by atoms with Gasteiger partial charge in [0.1, 0.15) is 5.82 Å². The van der Waals surface area contributed by atoms with Crippen LogP contribution in [0.5, 0.6) is 0 Å². The van der Waals surface area contributed by atoms with Crippen LogP contribution in [0.1, 0.15) is 32.6 Å². The fraction of sp³-hybridized carbons (Fsp3) is 0.185. The molecule has 4 nitrogen and oxygen atoms in total. The van der Waals surface area contributed by atoms with E-state index in [4.69, 9.17) is 0 Å². The normalized spacial score (nSPS) is 15.1. The number of hydrogen-bond acceptors (Lipinski definition) is 2. The highest BCUT2D eigenvalue weighted by molar-refractivity contribution is 5.94. The van der Waals surface area contributed by atoms with Gasteiger partial charge in [-0.05, 0) is 53.3 Å². The van der Waals surface area contributed by atoms with Gasteiger partial charge in [0.25, 0.3) is 5.91 Å². The van der Waals surface area contributed by atoms with Crippen LogP contribution >= 0.6 is 0 Å². The zero-order chi connectivity index (χ0) is 24.6. The Hall–Kier alpha value is -3.94. The van der Waals surface area contributed by atoms with Gasteiger partial charge in [0, 0.05) is 17.8 Å². The highest BCUT2D eigenvalue weighted by Crippen LogP contribution is 2.31. The molecule has 1 unspecified atom stereocenters. The van der Waals surface area contributed by atoms with E-state index in [1.807, 2.05) is 18.2 Å². The number of carbonyl (C=O) groups excluding carboxylic acids is 1. The van der Waals surface area contributed by atoms with E-state index < -0.39 is 11.7 Å². The summed E-state index contributed by atoms with van der Waals surface area (Å²) >= 11 is 0. The van der Waals surface area contributed by atoms with Crippen LogP contribution in [0, 0.1) is 5.82 Å². The van der Waals surface area contributed by atoms with E-state index >= 15 is 0 Å². The van der Waals surface area contributed by atoms with E-state index in [0.717, 1.165) is 28.8 Å². The number of fused-ring (bicyclic) bond motifs is 1. The minimum absolute atomic E-state index is 0.111. The van der Waals surface area contributed by atoms with E-state index in [-0.39, 0.29) is 24.3 Å². The van der Waals surface area contributed by atoms with Gasteiger partial charge in [-0.25, -0.2) is 4.39 Å². The van der Waals surface area contributed by atoms with Crippen LogP contribution in [0.25, 0.3) is 11.1 Å². The molecule has 1 aliphatic rings. The molecule has 35 heavy (non-hydrogen) atoms. The summed E-state index contributed by atoms with van der Waals surface area (Å²) < 4.78 is 54.4. The summed E-state index contributed by atoms with van der Waals surface area (Å²) in [7, 11) is 0. The molecule has 0 spiro atoms. The van der Waals surface area contributed by atoms with Crippen LogP contribution in [0.3, 0.4) is 0 Å². The maximum absolute atomic E-state index is 14.2. The summed E-state index contributed by atoms with van der Waals surface area (Å²) in [5, 5.41) is 7.13. The lowest BCUT2D eigenvalue weighted by atomic mass is 10.0. The fourth-order valence-electron chi connectivity index (χ4n) is 4.45. The quantitative estimate of drug-likeness (QED) is 0.376. The molecule has 1 aromatic heterocycles. The summed E-state index contributed by atoms with van der Waals surface area (Å²) in [6, 6.07) is 17.4. The number of halogens is 4. The number of carbonyl (C=O) groups is 1. The molecule has 8 heteroatoms. The van der Waals surface area contributed by atoms with Gasteiger partial charge in [-0.1, -0.05) is 48.5 Å². The molecular formula is C27H21F4N3O. The van der Waals surface area contributed by atoms with E-state index in [9.17, 15) is 22.4 Å². The van der Waals surface area contributed by atoms with Crippen LogP contribution < -0.4 is 5.32 Å². The minimum Gasteiger partial charge on any atom is -0.349 e. The van der Waals surface area contributed by atoms with Crippen molar-refractivity contribution in [2.45, 2.75) is 31.6 Å². The Labute approximate surface area is 199 Å². The number of nitrogens with one attached hydrogen (secondary N) is 1. The molecule has 1 aliphatic carbocycles. The highest BCUT2D eigenvalue weighted by Gasteiger charge is 2.30. The topological polar surface area (TPSA) is 46.9 Å². The zero-order valence-electron chi connectivity index (χ0n) is 18.5. The third kappa shape index (κ3) is 4.96. The molecule has 1 amide bonds. The first kappa shape index (κ1) is 22.8. The summed E-state index contributed by atoms with van der Waals surface area (Å²) in [5.41, 5.74) is 3.55. The monoisotopic (exact) mass is 479 g/mol. The molecule has 0 saturated carbocycles. The Kier molecular flexibility index (Phi) is 5.88.